The summed E-state index contributed by atoms with van der Waals surface area (Å²) in [6.07, 6.45) is -10.8. The van der Waals surface area contributed by atoms with Crippen molar-refractivity contribution in [3.8, 4) is 0 Å². The standard InChI is InChI=1S/C10H18F3NO4S.C5H10F3NO2S/c1-9(2,3)14(8(15)16)7(10(11,12)13)5-6-19(4,17)18;1-12(10,11)3-2-4(9)5(6,7)8/h7H,5-6H2,1-4H3,(H,15,16);4H,2-3,9H2,1H3. The first-order valence-corrected chi connectivity index (χ1v) is 12.7. The molecule has 0 heterocycles. The number of carboxylic acid groups (broad SMARTS) is 1. The van der Waals surface area contributed by atoms with Gasteiger partial charge in [-0.05, 0) is 33.6 Å². The van der Waals surface area contributed by atoms with Gasteiger partial charge in [-0.2, -0.15) is 26.3 Å². The molecule has 0 aliphatic heterocycles. The number of amides is 1. The molecule has 0 aromatic heterocycles. The highest BCUT2D eigenvalue weighted by atomic mass is 32.2. The third-order valence-electron chi connectivity index (χ3n) is 3.60. The van der Waals surface area contributed by atoms with Crippen molar-refractivity contribution in [1.82, 2.24) is 4.90 Å². The lowest BCUT2D eigenvalue weighted by Crippen LogP contribution is -2.57. The summed E-state index contributed by atoms with van der Waals surface area (Å²) < 4.78 is 117. The fraction of sp³-hybridized carbons (Fsp3) is 0.933. The molecule has 2 unspecified atom stereocenters. The van der Waals surface area contributed by atoms with Gasteiger partial charge in [0, 0.05) is 18.1 Å². The molecule has 8 nitrogen and oxygen atoms in total. The molecule has 0 saturated heterocycles. The minimum atomic E-state index is -4.82. The molecule has 0 spiro atoms. The van der Waals surface area contributed by atoms with Crippen LogP contribution in [-0.2, 0) is 19.7 Å². The molecule has 1 amide bonds. The molecule has 0 bridgehead atoms. The van der Waals surface area contributed by atoms with Gasteiger partial charge in [0.2, 0.25) is 0 Å². The molecular weight excluding hydrogens is 482 g/mol. The molecule has 31 heavy (non-hydrogen) atoms. The number of nitrogens with two attached hydrogens (primary N) is 1. The maximum atomic E-state index is 12.9. The zero-order chi connectivity index (χ0) is 25.6. The molecule has 3 N–H and O–H groups in total. The number of carbonyl (C=O) groups is 1. The summed E-state index contributed by atoms with van der Waals surface area (Å²) in [5.74, 6) is -1.26. The van der Waals surface area contributed by atoms with Crippen molar-refractivity contribution in [2.24, 2.45) is 5.73 Å². The van der Waals surface area contributed by atoms with Gasteiger partial charge in [-0.3, -0.25) is 4.90 Å². The molecule has 0 fully saturated rings. The van der Waals surface area contributed by atoms with Crippen LogP contribution in [0.1, 0.15) is 33.6 Å². The first-order valence-electron chi connectivity index (χ1n) is 8.55. The van der Waals surface area contributed by atoms with E-state index in [2.05, 4.69) is 5.73 Å². The molecule has 16 heteroatoms. The Morgan fingerprint density at radius 2 is 1.23 bits per heavy atom. The summed E-state index contributed by atoms with van der Waals surface area (Å²) in [5, 5.41) is 8.95. The van der Waals surface area contributed by atoms with E-state index in [-0.39, 0.29) is 4.90 Å². The van der Waals surface area contributed by atoms with Gasteiger partial charge in [0.1, 0.15) is 31.8 Å². The lowest BCUT2D eigenvalue weighted by Gasteiger charge is -2.40. The van der Waals surface area contributed by atoms with E-state index in [1.54, 1.807) is 0 Å². The molecule has 0 aromatic carbocycles. The van der Waals surface area contributed by atoms with Crippen LogP contribution in [0, 0.1) is 0 Å². The van der Waals surface area contributed by atoms with Gasteiger partial charge in [-0.25, -0.2) is 21.6 Å². The second-order valence-electron chi connectivity index (χ2n) is 7.87. The number of sulfone groups is 2. The van der Waals surface area contributed by atoms with E-state index in [4.69, 9.17) is 5.11 Å². The highest BCUT2D eigenvalue weighted by molar-refractivity contribution is 7.90. The highest BCUT2D eigenvalue weighted by Crippen LogP contribution is 2.32. The SMILES string of the molecule is CC(C)(C)N(C(=O)O)C(CCS(C)(=O)=O)C(F)(F)F.CS(=O)(=O)CCC(N)C(F)(F)F. The molecule has 2 atom stereocenters. The number of nitrogens with zero attached hydrogens (tertiary/aromatic N) is 1. The third kappa shape index (κ3) is 15.2. The smallest absolute Gasteiger partial charge is 0.409 e. The van der Waals surface area contributed by atoms with Crippen molar-refractivity contribution < 1.29 is 53.1 Å². The zero-order valence-electron chi connectivity index (χ0n) is 17.6. The van der Waals surface area contributed by atoms with Crippen molar-refractivity contribution in [2.45, 2.75) is 63.6 Å². The number of hydrogen-bond acceptors (Lipinski definition) is 6. The minimum Gasteiger partial charge on any atom is -0.465 e. The lowest BCUT2D eigenvalue weighted by atomic mass is 10.0. The van der Waals surface area contributed by atoms with Crippen LogP contribution in [0.5, 0.6) is 0 Å². The molecule has 0 aliphatic carbocycles. The van der Waals surface area contributed by atoms with Gasteiger partial charge < -0.3 is 10.8 Å². The Labute approximate surface area is 177 Å². The van der Waals surface area contributed by atoms with Crippen LogP contribution in [0.25, 0.3) is 0 Å². The van der Waals surface area contributed by atoms with Crippen molar-refractivity contribution >= 4 is 25.8 Å². The second-order valence-corrected chi connectivity index (χ2v) is 12.4. The summed E-state index contributed by atoms with van der Waals surface area (Å²) in [7, 11) is -6.96. The van der Waals surface area contributed by atoms with E-state index in [0.29, 0.717) is 0 Å². The van der Waals surface area contributed by atoms with E-state index in [9.17, 15) is 48.0 Å². The summed E-state index contributed by atoms with van der Waals surface area (Å²) in [6, 6.07) is -4.40. The molecule has 188 valence electrons. The number of hydrogen-bond donors (Lipinski definition) is 2. The quantitative estimate of drug-likeness (QED) is 0.502. The summed E-state index contributed by atoms with van der Waals surface area (Å²) in [5.41, 5.74) is 3.38. The summed E-state index contributed by atoms with van der Waals surface area (Å²) in [6.45, 7) is 3.96. The molecule has 0 saturated carbocycles. The average Bonchev–Trinajstić information content (AvgIpc) is 2.43. The Balaban J connectivity index is 0. The summed E-state index contributed by atoms with van der Waals surface area (Å²) >= 11 is 0. The molecule has 0 radical (unpaired) electrons. The Hall–Kier alpha value is -1.29. The van der Waals surface area contributed by atoms with E-state index >= 15 is 0 Å². The maximum Gasteiger partial charge on any atom is 0.409 e. The van der Waals surface area contributed by atoms with E-state index in [1.165, 1.54) is 20.8 Å². The van der Waals surface area contributed by atoms with Crippen LogP contribution in [0.4, 0.5) is 31.1 Å². The monoisotopic (exact) mass is 510 g/mol. The van der Waals surface area contributed by atoms with Gasteiger partial charge in [-0.1, -0.05) is 0 Å². The fourth-order valence-electron chi connectivity index (χ4n) is 2.16. The van der Waals surface area contributed by atoms with E-state index < -0.39 is 80.1 Å². The normalized spacial score (nSPS) is 15.5. The third-order valence-corrected chi connectivity index (χ3v) is 5.56. The van der Waals surface area contributed by atoms with Crippen molar-refractivity contribution in [2.75, 3.05) is 24.0 Å². The number of rotatable bonds is 7. The minimum absolute atomic E-state index is 0.248. The maximum absolute atomic E-state index is 12.9. The van der Waals surface area contributed by atoms with Crippen LogP contribution < -0.4 is 5.73 Å². The molecule has 0 aliphatic rings. The Kier molecular flexibility index (Phi) is 11.3. The molecular formula is C15H28F6N2O6S2. The first kappa shape index (κ1) is 31.9. The second kappa shape index (κ2) is 11.0. The van der Waals surface area contributed by atoms with Crippen LogP contribution in [0.3, 0.4) is 0 Å². The largest absolute Gasteiger partial charge is 0.465 e. The van der Waals surface area contributed by atoms with Crippen LogP contribution >= 0.6 is 0 Å². The van der Waals surface area contributed by atoms with Gasteiger partial charge >= 0.3 is 18.4 Å². The van der Waals surface area contributed by atoms with Crippen molar-refractivity contribution in [1.29, 1.82) is 0 Å². The van der Waals surface area contributed by atoms with Crippen LogP contribution in [0.2, 0.25) is 0 Å². The lowest BCUT2D eigenvalue weighted by molar-refractivity contribution is -0.188. The Morgan fingerprint density at radius 1 is 0.871 bits per heavy atom. The highest BCUT2D eigenvalue weighted by Gasteiger charge is 2.49. The van der Waals surface area contributed by atoms with Crippen molar-refractivity contribution in [3.05, 3.63) is 0 Å². The predicted octanol–water partition coefficient (Wildman–Crippen LogP) is 2.44. The van der Waals surface area contributed by atoms with Crippen molar-refractivity contribution in [3.63, 3.8) is 0 Å². The van der Waals surface area contributed by atoms with Gasteiger partial charge in [0.15, 0.2) is 0 Å². The Morgan fingerprint density at radius 3 is 1.45 bits per heavy atom. The number of halogens is 6. The van der Waals surface area contributed by atoms with Gasteiger partial charge in [0.05, 0.1) is 11.5 Å². The van der Waals surface area contributed by atoms with Gasteiger partial charge in [0.25, 0.3) is 0 Å². The topological polar surface area (TPSA) is 135 Å². The van der Waals surface area contributed by atoms with Crippen LogP contribution in [0.15, 0.2) is 0 Å². The predicted molar refractivity (Wildman–Crippen MR) is 102 cm³/mol. The van der Waals surface area contributed by atoms with Gasteiger partial charge in [-0.15, -0.1) is 0 Å². The Bertz CT molecular complexity index is 788. The van der Waals surface area contributed by atoms with E-state index in [0.717, 1.165) is 12.5 Å². The average molecular weight is 511 g/mol. The number of alkyl halides is 6. The van der Waals surface area contributed by atoms with E-state index in [1.807, 2.05) is 0 Å². The van der Waals surface area contributed by atoms with Crippen LogP contribution in [-0.4, -0.2) is 86.9 Å². The molecule has 0 aromatic rings. The first-order chi connectivity index (χ1) is 13.3. The zero-order valence-corrected chi connectivity index (χ0v) is 19.2. The fourth-order valence-corrected chi connectivity index (χ4v) is 3.49. The summed E-state index contributed by atoms with van der Waals surface area (Å²) in [4.78, 5) is 11.3. The molecule has 0 rings (SSSR count).